The van der Waals surface area contributed by atoms with Gasteiger partial charge in [-0.3, -0.25) is 4.79 Å². The van der Waals surface area contributed by atoms with Gasteiger partial charge in [0.15, 0.2) is 21.5 Å². The lowest BCUT2D eigenvalue weighted by Crippen LogP contribution is -2.56. The van der Waals surface area contributed by atoms with Crippen LogP contribution < -0.4 is 9.64 Å². The van der Waals surface area contributed by atoms with Gasteiger partial charge in [0, 0.05) is 52.9 Å². The van der Waals surface area contributed by atoms with Gasteiger partial charge >= 0.3 is 0 Å². The largest absolute Gasteiger partial charge is 0.494 e. The predicted octanol–water partition coefficient (Wildman–Crippen LogP) is 6.07. The number of aliphatic imine (C=N–C) groups is 1. The average Bonchev–Trinajstić information content (AvgIpc) is 3.41. The molecule has 11 heteroatoms. The summed E-state index contributed by atoms with van der Waals surface area (Å²) in [5.41, 5.74) is 1.14. The number of carbonyl (C=O) groups excluding carboxylic acids is 1. The summed E-state index contributed by atoms with van der Waals surface area (Å²) in [6.07, 6.45) is -0.206. The van der Waals surface area contributed by atoms with E-state index in [0.29, 0.717) is 45.6 Å². The van der Waals surface area contributed by atoms with E-state index in [1.807, 2.05) is 24.3 Å². The van der Waals surface area contributed by atoms with Crippen LogP contribution in [-0.4, -0.2) is 56.4 Å². The van der Waals surface area contributed by atoms with Crippen LogP contribution in [0.1, 0.15) is 29.2 Å². The van der Waals surface area contributed by atoms with Gasteiger partial charge in [0.25, 0.3) is 5.91 Å². The molecule has 2 aliphatic rings. The monoisotopic (exact) mass is 664 g/mol. The predicted molar refractivity (Wildman–Crippen MR) is 174 cm³/mol. The third-order valence-electron chi connectivity index (χ3n) is 7.93. The fourth-order valence-electron chi connectivity index (χ4n) is 5.70. The van der Waals surface area contributed by atoms with Crippen LogP contribution >= 0.6 is 23.2 Å². The molecule has 232 valence electrons. The SMILES string of the molecule is O=C1N(CCS(=O)(=O)c2ccccc2)c2ccccc2C[C@]12N=C(c1ccc(OCCCO)cc1)O[C@@H]2c1ccc(Cl)cc1Cl. The molecule has 1 N–H and O–H groups in total. The highest BCUT2D eigenvalue weighted by atomic mass is 35.5. The van der Waals surface area contributed by atoms with Crippen molar-refractivity contribution in [3.05, 3.63) is 124 Å². The standard InChI is InChI=1S/C34H30Cl2N2O6S/c35-25-13-16-28(29(36)21-25)31-34(37-32(44-31)23-11-14-26(15-12-23)43-19-6-18-39)22-24-7-4-5-10-30(24)38(33(34)40)17-20-45(41,42)27-8-2-1-3-9-27/h1-5,7-16,21,31,39H,6,17-20,22H2/t31-,34-/m1/s1. The maximum Gasteiger partial charge on any atom is 0.259 e. The van der Waals surface area contributed by atoms with Crippen LogP contribution in [0.5, 0.6) is 5.75 Å². The molecule has 0 fully saturated rings. The molecule has 1 spiro atoms. The highest BCUT2D eigenvalue weighted by molar-refractivity contribution is 7.91. The summed E-state index contributed by atoms with van der Waals surface area (Å²) in [6.45, 7) is 0.323. The molecule has 4 aromatic carbocycles. The van der Waals surface area contributed by atoms with E-state index >= 15 is 0 Å². The number of ether oxygens (including phenoxy) is 2. The van der Waals surface area contributed by atoms with E-state index in [4.69, 9.17) is 42.8 Å². The summed E-state index contributed by atoms with van der Waals surface area (Å²) in [5, 5.41) is 9.80. The summed E-state index contributed by atoms with van der Waals surface area (Å²) in [4.78, 5) is 21.4. The first-order valence-electron chi connectivity index (χ1n) is 14.4. The molecule has 8 nitrogen and oxygen atoms in total. The molecule has 0 aliphatic carbocycles. The number of carbonyl (C=O) groups is 1. The molecule has 0 unspecified atom stereocenters. The Balaban J connectivity index is 1.41. The lowest BCUT2D eigenvalue weighted by molar-refractivity contribution is -0.126. The Hall–Kier alpha value is -3.89. The van der Waals surface area contributed by atoms with Gasteiger partial charge in [-0.2, -0.15) is 0 Å². The zero-order chi connectivity index (χ0) is 31.6. The number of halogens is 2. The lowest BCUT2D eigenvalue weighted by Gasteiger charge is -2.41. The van der Waals surface area contributed by atoms with Crippen LogP contribution in [0.25, 0.3) is 0 Å². The van der Waals surface area contributed by atoms with E-state index in [1.54, 1.807) is 72.8 Å². The number of rotatable bonds is 10. The van der Waals surface area contributed by atoms with E-state index in [2.05, 4.69) is 0 Å². The molecule has 2 aliphatic heterocycles. The highest BCUT2D eigenvalue weighted by Gasteiger charge is 2.58. The number of para-hydroxylation sites is 1. The van der Waals surface area contributed by atoms with E-state index in [-0.39, 0.29) is 42.0 Å². The third-order valence-corrected chi connectivity index (χ3v) is 10.2. The van der Waals surface area contributed by atoms with Crippen molar-refractivity contribution in [3.8, 4) is 5.75 Å². The summed E-state index contributed by atoms with van der Waals surface area (Å²) in [6, 6.07) is 27.7. The van der Waals surface area contributed by atoms with Gasteiger partial charge in [0.05, 0.1) is 17.3 Å². The highest BCUT2D eigenvalue weighted by Crippen LogP contribution is 2.49. The number of sulfone groups is 1. The van der Waals surface area contributed by atoms with Crippen molar-refractivity contribution < 1.29 is 27.8 Å². The van der Waals surface area contributed by atoms with Crippen LogP contribution in [0.2, 0.25) is 10.0 Å². The van der Waals surface area contributed by atoms with Gasteiger partial charge in [-0.25, -0.2) is 13.4 Å². The molecular weight excluding hydrogens is 635 g/mol. The number of aliphatic hydroxyl groups excluding tert-OH is 1. The Labute approximate surface area is 271 Å². The minimum Gasteiger partial charge on any atom is -0.494 e. The van der Waals surface area contributed by atoms with Gasteiger partial charge in [-0.1, -0.05) is 65.7 Å². The topological polar surface area (TPSA) is 106 Å². The van der Waals surface area contributed by atoms with Crippen LogP contribution in [0.4, 0.5) is 5.69 Å². The number of fused-ring (bicyclic) bond motifs is 1. The van der Waals surface area contributed by atoms with Gasteiger partial charge in [-0.05, 0) is 60.2 Å². The van der Waals surface area contributed by atoms with Crippen LogP contribution in [-0.2, 0) is 25.8 Å². The number of hydrogen-bond donors (Lipinski definition) is 1. The van der Waals surface area contributed by atoms with Gasteiger partial charge < -0.3 is 19.5 Å². The molecular formula is C34H30Cl2N2O6S. The normalized spacial score (nSPS) is 19.3. The quantitative estimate of drug-likeness (QED) is 0.206. The van der Waals surface area contributed by atoms with Crippen molar-refractivity contribution in [2.75, 3.05) is 30.4 Å². The molecule has 2 atom stereocenters. The van der Waals surface area contributed by atoms with Crippen molar-refractivity contribution >= 4 is 50.5 Å². The van der Waals surface area contributed by atoms with E-state index in [0.717, 1.165) is 5.56 Å². The summed E-state index contributed by atoms with van der Waals surface area (Å²) in [5.74, 6) is 0.192. The number of anilines is 1. The fraction of sp³-hybridized carbons (Fsp3) is 0.235. The number of nitrogens with zero attached hydrogens (tertiary/aromatic N) is 2. The molecule has 0 radical (unpaired) electrons. The van der Waals surface area contributed by atoms with E-state index < -0.39 is 21.5 Å². The molecule has 0 bridgehead atoms. The second-order valence-electron chi connectivity index (χ2n) is 10.8. The maximum atomic E-state index is 14.7. The molecule has 0 saturated carbocycles. The first-order chi connectivity index (χ1) is 21.7. The maximum absolute atomic E-state index is 14.7. The van der Waals surface area contributed by atoms with Crippen LogP contribution in [0.15, 0.2) is 107 Å². The Morgan fingerprint density at radius 3 is 2.44 bits per heavy atom. The first kappa shape index (κ1) is 31.1. The van der Waals surface area contributed by atoms with E-state index in [9.17, 15) is 13.2 Å². The van der Waals surface area contributed by atoms with Crippen molar-refractivity contribution in [2.45, 2.75) is 29.4 Å². The molecule has 4 aromatic rings. The van der Waals surface area contributed by atoms with Crippen molar-refractivity contribution in [1.29, 1.82) is 0 Å². The summed E-state index contributed by atoms with van der Waals surface area (Å²) >= 11 is 12.9. The summed E-state index contributed by atoms with van der Waals surface area (Å²) < 4.78 is 38.7. The molecule has 0 saturated heterocycles. The van der Waals surface area contributed by atoms with Crippen LogP contribution in [0.3, 0.4) is 0 Å². The molecule has 0 aromatic heterocycles. The lowest BCUT2D eigenvalue weighted by atomic mass is 9.78. The Kier molecular flexibility index (Phi) is 8.88. The zero-order valence-electron chi connectivity index (χ0n) is 24.1. The smallest absolute Gasteiger partial charge is 0.259 e. The molecule has 2 heterocycles. The van der Waals surface area contributed by atoms with Gasteiger partial charge in [0.1, 0.15) is 5.75 Å². The van der Waals surface area contributed by atoms with E-state index in [1.165, 1.54) is 4.90 Å². The number of amides is 1. The fourth-order valence-corrected chi connectivity index (χ4v) is 7.43. The zero-order valence-corrected chi connectivity index (χ0v) is 26.4. The number of benzene rings is 4. The second-order valence-corrected chi connectivity index (χ2v) is 13.8. The summed E-state index contributed by atoms with van der Waals surface area (Å²) in [7, 11) is -3.69. The molecule has 1 amide bonds. The van der Waals surface area contributed by atoms with Crippen molar-refractivity contribution in [3.63, 3.8) is 0 Å². The minimum absolute atomic E-state index is 0.0336. The minimum atomic E-state index is -3.69. The van der Waals surface area contributed by atoms with Gasteiger partial charge in [-0.15, -0.1) is 0 Å². The van der Waals surface area contributed by atoms with Crippen molar-refractivity contribution in [1.82, 2.24) is 0 Å². The Morgan fingerprint density at radius 2 is 1.71 bits per heavy atom. The number of aliphatic hydroxyl groups is 1. The third kappa shape index (κ3) is 6.18. The van der Waals surface area contributed by atoms with Crippen LogP contribution in [0, 0.1) is 0 Å². The number of hydrogen-bond acceptors (Lipinski definition) is 7. The average molecular weight is 666 g/mol. The Morgan fingerprint density at radius 1 is 0.978 bits per heavy atom. The van der Waals surface area contributed by atoms with Crippen molar-refractivity contribution in [2.24, 2.45) is 4.99 Å². The second kappa shape index (κ2) is 12.8. The van der Waals surface area contributed by atoms with Gasteiger partial charge in [0.2, 0.25) is 5.90 Å². The Bertz CT molecular complexity index is 1850. The molecule has 6 rings (SSSR count). The first-order valence-corrected chi connectivity index (χ1v) is 16.9. The molecule has 45 heavy (non-hydrogen) atoms.